The molecule has 0 saturated heterocycles. The molecule has 1 atom stereocenters. The largest absolute Gasteiger partial charge is 0.352 e. The number of aryl methyl sites for hydroxylation is 2. The van der Waals surface area contributed by atoms with E-state index in [2.05, 4.69) is 5.32 Å². The smallest absolute Gasteiger partial charge is 0.244 e. The van der Waals surface area contributed by atoms with E-state index < -0.39 is 28.5 Å². The third-order valence-electron chi connectivity index (χ3n) is 6.20. The Bertz CT molecular complexity index is 1340. The summed E-state index contributed by atoms with van der Waals surface area (Å²) in [4.78, 5) is 29.0. The molecule has 0 unspecified atom stereocenters. The number of nitrogens with one attached hydrogen (secondary N) is 1. The normalized spacial score (nSPS) is 12.2. The third-order valence-corrected chi connectivity index (χ3v) is 7.32. The van der Waals surface area contributed by atoms with Crippen molar-refractivity contribution in [1.29, 1.82) is 0 Å². The Balaban J connectivity index is 2.05. The highest BCUT2D eigenvalue weighted by atomic mass is 32.2. The second-order valence-corrected chi connectivity index (χ2v) is 11.8. The molecule has 0 aliphatic rings. The molecule has 8 heteroatoms. The summed E-state index contributed by atoms with van der Waals surface area (Å²) in [7, 11) is -3.79. The number of nitrogens with zero attached hydrogens (tertiary/aromatic N) is 2. The van der Waals surface area contributed by atoms with Gasteiger partial charge < -0.3 is 10.2 Å². The highest BCUT2D eigenvalue weighted by Crippen LogP contribution is 2.24. The zero-order valence-electron chi connectivity index (χ0n) is 22.7. The van der Waals surface area contributed by atoms with Gasteiger partial charge >= 0.3 is 0 Å². The number of sulfonamides is 1. The predicted octanol–water partition coefficient (Wildman–Crippen LogP) is 4.23. The second-order valence-electron chi connectivity index (χ2n) is 9.94. The fourth-order valence-corrected chi connectivity index (χ4v) is 5.30. The molecular weight excluding hydrogens is 498 g/mol. The maximum absolute atomic E-state index is 14.0. The highest BCUT2D eigenvalue weighted by Gasteiger charge is 2.33. The van der Waals surface area contributed by atoms with E-state index in [1.165, 1.54) is 4.90 Å². The molecule has 2 amide bonds. The zero-order valence-corrected chi connectivity index (χ0v) is 23.5. The molecule has 0 saturated carbocycles. The third kappa shape index (κ3) is 7.92. The minimum atomic E-state index is -3.79. The number of amides is 2. The molecule has 3 rings (SSSR count). The van der Waals surface area contributed by atoms with E-state index in [4.69, 9.17) is 0 Å². The number of carbonyl (C=O) groups excluding carboxylic acids is 2. The van der Waals surface area contributed by atoms with Crippen molar-refractivity contribution < 1.29 is 18.0 Å². The van der Waals surface area contributed by atoms with Crippen molar-refractivity contribution in [2.45, 2.75) is 52.7 Å². The predicted molar refractivity (Wildman–Crippen MR) is 152 cm³/mol. The molecule has 0 bridgehead atoms. The molecule has 0 aliphatic heterocycles. The molecule has 38 heavy (non-hydrogen) atoms. The van der Waals surface area contributed by atoms with Gasteiger partial charge in [0, 0.05) is 19.0 Å². The van der Waals surface area contributed by atoms with Crippen LogP contribution in [0, 0.1) is 13.8 Å². The van der Waals surface area contributed by atoms with Gasteiger partial charge in [0.2, 0.25) is 21.8 Å². The van der Waals surface area contributed by atoms with E-state index in [1.807, 2.05) is 100 Å². The summed E-state index contributed by atoms with van der Waals surface area (Å²) in [5, 5.41) is 2.95. The molecule has 0 radical (unpaired) electrons. The summed E-state index contributed by atoms with van der Waals surface area (Å²) < 4.78 is 26.9. The van der Waals surface area contributed by atoms with E-state index in [0.717, 1.165) is 32.8 Å². The van der Waals surface area contributed by atoms with Crippen LogP contribution in [0.15, 0.2) is 78.9 Å². The van der Waals surface area contributed by atoms with Crippen LogP contribution in [0.1, 0.15) is 36.1 Å². The minimum Gasteiger partial charge on any atom is -0.352 e. The molecular formula is C30H37N3O4S. The van der Waals surface area contributed by atoms with Gasteiger partial charge in [0.25, 0.3) is 0 Å². The number of hydrogen-bond acceptors (Lipinski definition) is 4. The maximum atomic E-state index is 14.0. The van der Waals surface area contributed by atoms with Crippen molar-refractivity contribution in [1.82, 2.24) is 10.2 Å². The van der Waals surface area contributed by atoms with E-state index in [-0.39, 0.29) is 18.5 Å². The number of hydrogen-bond donors (Lipinski definition) is 1. The highest BCUT2D eigenvalue weighted by molar-refractivity contribution is 7.92. The lowest BCUT2D eigenvalue weighted by atomic mass is 10.0. The van der Waals surface area contributed by atoms with Crippen LogP contribution in [0.3, 0.4) is 0 Å². The molecule has 0 fully saturated rings. The quantitative estimate of drug-likeness (QED) is 0.398. The summed E-state index contributed by atoms with van der Waals surface area (Å²) in [6.07, 6.45) is 1.38. The van der Waals surface area contributed by atoms with E-state index in [0.29, 0.717) is 12.1 Å². The van der Waals surface area contributed by atoms with Crippen LogP contribution < -0.4 is 9.62 Å². The van der Waals surface area contributed by atoms with Crippen LogP contribution >= 0.6 is 0 Å². The molecule has 7 nitrogen and oxygen atoms in total. The van der Waals surface area contributed by atoms with Crippen LogP contribution in [0.25, 0.3) is 0 Å². The Morgan fingerprint density at radius 1 is 0.868 bits per heavy atom. The summed E-state index contributed by atoms with van der Waals surface area (Å²) >= 11 is 0. The lowest BCUT2D eigenvalue weighted by Crippen LogP contribution is -2.54. The van der Waals surface area contributed by atoms with Crippen molar-refractivity contribution in [2.24, 2.45) is 0 Å². The van der Waals surface area contributed by atoms with Gasteiger partial charge in [-0.1, -0.05) is 78.4 Å². The summed E-state index contributed by atoms with van der Waals surface area (Å²) in [5.74, 6) is -0.746. The van der Waals surface area contributed by atoms with Crippen LogP contribution in [0.4, 0.5) is 5.69 Å². The van der Waals surface area contributed by atoms with Gasteiger partial charge in [-0.25, -0.2) is 8.42 Å². The average Bonchev–Trinajstić information content (AvgIpc) is 2.85. The molecule has 1 N–H and O–H groups in total. The van der Waals surface area contributed by atoms with Crippen molar-refractivity contribution in [3.8, 4) is 0 Å². The van der Waals surface area contributed by atoms with Crippen LogP contribution in [-0.2, 0) is 32.6 Å². The Kier molecular flexibility index (Phi) is 9.69. The van der Waals surface area contributed by atoms with Gasteiger partial charge in [0.05, 0.1) is 11.9 Å². The van der Waals surface area contributed by atoms with Gasteiger partial charge in [0.15, 0.2) is 0 Å². The first kappa shape index (κ1) is 28.9. The Hall–Kier alpha value is -3.65. The van der Waals surface area contributed by atoms with Crippen molar-refractivity contribution in [2.75, 3.05) is 17.1 Å². The van der Waals surface area contributed by atoms with Crippen LogP contribution in [0.5, 0.6) is 0 Å². The summed E-state index contributed by atoms with van der Waals surface area (Å²) in [5.41, 5.74) is 3.92. The standard InChI is InChI=1S/C30H37N3O4S/c1-22(2)31-30(35)28(19-25-12-8-6-9-13-25)32(20-26-14-10-7-11-15-26)29(34)21-33(38(5,36)37)27-17-16-23(3)18-24(27)4/h6-18,22,28H,19-21H2,1-5H3,(H,31,35)/t28-/m1/s1. The van der Waals surface area contributed by atoms with Gasteiger partial charge in [-0.15, -0.1) is 0 Å². The average molecular weight is 536 g/mol. The van der Waals surface area contributed by atoms with Crippen LogP contribution in [0.2, 0.25) is 0 Å². The van der Waals surface area contributed by atoms with Crippen LogP contribution in [-0.4, -0.2) is 50.0 Å². The molecule has 0 heterocycles. The first-order valence-electron chi connectivity index (χ1n) is 12.7. The van der Waals surface area contributed by atoms with Crippen molar-refractivity contribution >= 4 is 27.5 Å². The fourth-order valence-electron chi connectivity index (χ4n) is 4.39. The monoisotopic (exact) mass is 535 g/mol. The lowest BCUT2D eigenvalue weighted by molar-refractivity contribution is -0.140. The fraction of sp³-hybridized carbons (Fsp3) is 0.333. The second kappa shape index (κ2) is 12.7. The summed E-state index contributed by atoms with van der Waals surface area (Å²) in [6, 6.07) is 23.4. The SMILES string of the molecule is Cc1ccc(N(CC(=O)N(Cc2ccccc2)[C@H](Cc2ccccc2)C(=O)NC(C)C)S(C)(=O)=O)c(C)c1. The van der Waals surface area contributed by atoms with E-state index >= 15 is 0 Å². The van der Waals surface area contributed by atoms with E-state index in [9.17, 15) is 18.0 Å². The first-order chi connectivity index (χ1) is 18.0. The van der Waals surface area contributed by atoms with Gasteiger partial charge in [-0.2, -0.15) is 0 Å². The maximum Gasteiger partial charge on any atom is 0.244 e. The number of rotatable bonds is 11. The van der Waals surface area contributed by atoms with Gasteiger partial charge in [-0.3, -0.25) is 13.9 Å². The topological polar surface area (TPSA) is 86.8 Å². The van der Waals surface area contributed by atoms with E-state index in [1.54, 1.807) is 6.07 Å². The lowest BCUT2D eigenvalue weighted by Gasteiger charge is -2.34. The van der Waals surface area contributed by atoms with Gasteiger partial charge in [0.1, 0.15) is 12.6 Å². The summed E-state index contributed by atoms with van der Waals surface area (Å²) in [6.45, 7) is 7.22. The molecule has 202 valence electrons. The van der Waals surface area contributed by atoms with Gasteiger partial charge in [-0.05, 0) is 50.5 Å². The number of carbonyl (C=O) groups is 2. The molecule has 3 aromatic rings. The number of benzene rings is 3. The number of anilines is 1. The first-order valence-corrected chi connectivity index (χ1v) is 14.5. The Labute approximate surface area is 226 Å². The van der Waals surface area contributed by atoms with Crippen molar-refractivity contribution in [3.05, 3.63) is 101 Å². The Morgan fingerprint density at radius 3 is 1.97 bits per heavy atom. The molecule has 0 aromatic heterocycles. The minimum absolute atomic E-state index is 0.128. The zero-order chi connectivity index (χ0) is 27.9. The Morgan fingerprint density at radius 2 is 1.45 bits per heavy atom. The molecule has 3 aromatic carbocycles. The molecule has 0 spiro atoms. The molecule has 0 aliphatic carbocycles. The van der Waals surface area contributed by atoms with Crippen molar-refractivity contribution in [3.63, 3.8) is 0 Å².